The summed E-state index contributed by atoms with van der Waals surface area (Å²) < 4.78 is 8.17. The van der Waals surface area contributed by atoms with E-state index < -0.39 is 5.66 Å². The van der Waals surface area contributed by atoms with Crippen LogP contribution >= 0.6 is 16.1 Å². The second-order valence-corrected chi connectivity index (χ2v) is 8.67. The monoisotopic (exact) mass is 443 g/mol. The molecule has 0 aliphatic carbocycles. The maximum absolute atomic E-state index is 6.18. The average Bonchev–Trinajstić information content (AvgIpc) is 3.29. The summed E-state index contributed by atoms with van der Waals surface area (Å²) in [5.41, 5.74) is 8.11. The van der Waals surface area contributed by atoms with Crippen molar-refractivity contribution in [1.82, 2.24) is 19.3 Å². The molecule has 1 aromatic carbocycles. The van der Waals surface area contributed by atoms with E-state index >= 15 is 0 Å². The fourth-order valence-electron chi connectivity index (χ4n) is 4.64. The van der Waals surface area contributed by atoms with Crippen LogP contribution in [0.25, 0.3) is 0 Å². The number of hydrazine groups is 1. The largest absolute Gasteiger partial charge is 0.357 e. The number of rotatable bonds is 4. The number of anilines is 1. The van der Waals surface area contributed by atoms with Gasteiger partial charge in [0.25, 0.3) is 0 Å². The molecular weight excluding hydrogens is 418 g/mol. The number of aryl methyl sites for hydroxylation is 1. The number of pyridine rings is 1. The van der Waals surface area contributed by atoms with Gasteiger partial charge < -0.3 is 9.64 Å². The first kappa shape index (κ1) is 18.5. The summed E-state index contributed by atoms with van der Waals surface area (Å²) in [6.07, 6.45) is 5.40. The quantitative estimate of drug-likeness (QED) is 0.729. The highest BCUT2D eigenvalue weighted by molar-refractivity contribution is 9.07. The minimum Gasteiger partial charge on any atom is -0.357 e. The summed E-state index contributed by atoms with van der Waals surface area (Å²) in [6.45, 7) is 5.45. The second-order valence-electron chi connectivity index (χ2n) is 7.81. The van der Waals surface area contributed by atoms with Crippen molar-refractivity contribution < 1.29 is 4.74 Å². The van der Waals surface area contributed by atoms with E-state index in [4.69, 9.17) is 9.72 Å². The number of hydrogen-bond donors (Lipinski definition) is 1. The second kappa shape index (κ2) is 7.39. The molecule has 28 heavy (non-hydrogen) atoms. The summed E-state index contributed by atoms with van der Waals surface area (Å²) in [6, 6.07) is 13.1. The molecule has 0 spiro atoms. The summed E-state index contributed by atoms with van der Waals surface area (Å²) in [7, 11) is 0. The molecule has 0 bridgehead atoms. The van der Waals surface area contributed by atoms with E-state index in [1.807, 2.05) is 16.3 Å². The number of nitrogens with one attached hydrogen (secondary N) is 1. The van der Waals surface area contributed by atoms with Crippen LogP contribution in [0, 0.1) is 0 Å². The molecule has 0 amide bonds. The molecule has 2 aromatic rings. The molecule has 3 aliphatic rings. The van der Waals surface area contributed by atoms with E-state index in [0.29, 0.717) is 0 Å². The number of hydrogen-bond acceptors (Lipinski definition) is 6. The van der Waals surface area contributed by atoms with Gasteiger partial charge in [0.1, 0.15) is 6.23 Å². The molecule has 6 nitrogen and oxygen atoms in total. The van der Waals surface area contributed by atoms with Gasteiger partial charge in [0.15, 0.2) is 5.66 Å². The van der Waals surface area contributed by atoms with Crippen LogP contribution in [-0.2, 0) is 16.8 Å². The zero-order chi connectivity index (χ0) is 19.1. The lowest BCUT2D eigenvalue weighted by molar-refractivity contribution is 0.0224. The van der Waals surface area contributed by atoms with Gasteiger partial charge in [0.05, 0.1) is 19.0 Å². The van der Waals surface area contributed by atoms with Crippen molar-refractivity contribution in [2.75, 3.05) is 31.3 Å². The van der Waals surface area contributed by atoms with Gasteiger partial charge in [-0.05, 0) is 36.6 Å². The molecule has 2 fully saturated rings. The van der Waals surface area contributed by atoms with Crippen molar-refractivity contribution in [3.8, 4) is 0 Å². The predicted octanol–water partition coefficient (Wildman–Crippen LogP) is 3.52. The molecule has 2 unspecified atom stereocenters. The number of nitrogens with zero attached hydrogens (tertiary/aromatic N) is 4. The third-order valence-corrected chi connectivity index (χ3v) is 6.41. The Morgan fingerprint density at radius 3 is 3.07 bits per heavy atom. The van der Waals surface area contributed by atoms with Crippen LogP contribution in [0.1, 0.15) is 42.8 Å². The standard InChI is InChI=1S/C21H26BrN5O/c1-2-3-6-16-8-9-17-18(13-16)26-15-27(22)24-21(26,19-7-4-5-10-23-19)14-25-11-12-28-20(17)25/h4-5,7-10,13,20,24H,2-3,6,11-12,14-15H2,1H3. The molecule has 2 saturated heterocycles. The molecule has 1 N–H and O–H groups in total. The summed E-state index contributed by atoms with van der Waals surface area (Å²) >= 11 is 3.67. The van der Waals surface area contributed by atoms with E-state index in [2.05, 4.69) is 68.6 Å². The zero-order valence-electron chi connectivity index (χ0n) is 16.1. The lowest BCUT2D eigenvalue weighted by atomic mass is 10.0. The number of ether oxygens (including phenoxy) is 1. The number of halogens is 1. The van der Waals surface area contributed by atoms with Crippen LogP contribution in [0.15, 0.2) is 42.6 Å². The predicted molar refractivity (Wildman–Crippen MR) is 112 cm³/mol. The van der Waals surface area contributed by atoms with Gasteiger partial charge in [-0.25, -0.2) is 5.43 Å². The highest BCUT2D eigenvalue weighted by atomic mass is 79.9. The van der Waals surface area contributed by atoms with Crippen LogP contribution in [0.5, 0.6) is 0 Å². The Morgan fingerprint density at radius 2 is 2.25 bits per heavy atom. The maximum atomic E-state index is 6.18. The topological polar surface area (TPSA) is 43.9 Å². The van der Waals surface area contributed by atoms with Gasteiger partial charge in [-0.2, -0.15) is 4.03 Å². The lowest BCUT2D eigenvalue weighted by Crippen LogP contribution is -2.56. The van der Waals surface area contributed by atoms with Crippen molar-refractivity contribution in [3.05, 3.63) is 59.4 Å². The molecule has 148 valence electrons. The summed E-state index contributed by atoms with van der Waals surface area (Å²) in [5.74, 6) is 0. The van der Waals surface area contributed by atoms with Crippen LogP contribution in [0.4, 0.5) is 5.69 Å². The fourth-order valence-corrected chi connectivity index (χ4v) is 5.16. The third-order valence-electron chi connectivity index (χ3n) is 6.01. The molecule has 0 saturated carbocycles. The van der Waals surface area contributed by atoms with Crippen molar-refractivity contribution in [2.24, 2.45) is 0 Å². The average molecular weight is 444 g/mol. The van der Waals surface area contributed by atoms with Crippen molar-refractivity contribution in [2.45, 2.75) is 38.1 Å². The van der Waals surface area contributed by atoms with Gasteiger partial charge >= 0.3 is 0 Å². The highest BCUT2D eigenvalue weighted by Crippen LogP contribution is 2.46. The Hall–Kier alpha value is -1.51. The van der Waals surface area contributed by atoms with Crippen LogP contribution in [0.2, 0.25) is 0 Å². The van der Waals surface area contributed by atoms with E-state index in [1.165, 1.54) is 29.7 Å². The molecule has 4 heterocycles. The van der Waals surface area contributed by atoms with E-state index in [0.717, 1.165) is 38.5 Å². The van der Waals surface area contributed by atoms with Crippen molar-refractivity contribution in [3.63, 3.8) is 0 Å². The van der Waals surface area contributed by atoms with Crippen LogP contribution < -0.4 is 10.3 Å². The Labute approximate surface area is 174 Å². The van der Waals surface area contributed by atoms with Gasteiger partial charge in [0, 0.05) is 46.7 Å². The zero-order valence-corrected chi connectivity index (χ0v) is 17.7. The van der Waals surface area contributed by atoms with E-state index in [1.54, 1.807) is 0 Å². The Morgan fingerprint density at radius 1 is 1.32 bits per heavy atom. The van der Waals surface area contributed by atoms with Gasteiger partial charge in [-0.3, -0.25) is 9.88 Å². The Kier molecular flexibility index (Phi) is 4.88. The van der Waals surface area contributed by atoms with Gasteiger partial charge in [0.2, 0.25) is 0 Å². The highest BCUT2D eigenvalue weighted by Gasteiger charge is 2.52. The number of benzene rings is 1. The van der Waals surface area contributed by atoms with Crippen LogP contribution in [-0.4, -0.2) is 40.3 Å². The van der Waals surface area contributed by atoms with Crippen LogP contribution in [0.3, 0.4) is 0 Å². The molecule has 3 aliphatic heterocycles. The lowest BCUT2D eigenvalue weighted by Gasteiger charge is -2.38. The molecule has 1 aromatic heterocycles. The van der Waals surface area contributed by atoms with Gasteiger partial charge in [-0.15, -0.1) is 0 Å². The number of aromatic nitrogens is 1. The van der Waals surface area contributed by atoms with E-state index in [9.17, 15) is 0 Å². The molecule has 5 rings (SSSR count). The SMILES string of the molecule is CCCCc1ccc2c(c1)N1CN(Br)NC1(c1ccccn1)CN1CCOC21. The summed E-state index contributed by atoms with van der Waals surface area (Å²) in [5, 5.41) is 0. The van der Waals surface area contributed by atoms with Gasteiger partial charge in [-0.1, -0.05) is 31.5 Å². The fraction of sp³-hybridized carbons (Fsp3) is 0.476. The first-order valence-corrected chi connectivity index (χ1v) is 10.8. The minimum absolute atomic E-state index is 0.00647. The van der Waals surface area contributed by atoms with Crippen molar-refractivity contribution >= 4 is 21.8 Å². The number of unbranched alkanes of at least 4 members (excludes halogenated alkanes) is 1. The molecular formula is C21H26BrN5O. The Balaban J connectivity index is 1.67. The molecule has 0 radical (unpaired) electrons. The Bertz CT molecular complexity index is 850. The first-order valence-electron chi connectivity index (χ1n) is 10.1. The maximum Gasteiger partial charge on any atom is 0.162 e. The van der Waals surface area contributed by atoms with E-state index in [-0.39, 0.29) is 6.23 Å². The molecule has 7 heteroatoms. The smallest absolute Gasteiger partial charge is 0.162 e. The first-order chi connectivity index (χ1) is 13.7. The number of fused-ring (bicyclic) bond motifs is 5. The minimum atomic E-state index is -0.439. The molecule has 2 atom stereocenters. The third kappa shape index (κ3) is 2.97. The summed E-state index contributed by atoms with van der Waals surface area (Å²) in [4.78, 5) is 9.62. The normalized spacial score (nSPS) is 27.4. The van der Waals surface area contributed by atoms with Crippen molar-refractivity contribution in [1.29, 1.82) is 0 Å².